The lowest BCUT2D eigenvalue weighted by molar-refractivity contribution is 0.581. The summed E-state index contributed by atoms with van der Waals surface area (Å²) < 4.78 is 28.1. The van der Waals surface area contributed by atoms with Gasteiger partial charge in [0.25, 0.3) is 0 Å². The Bertz CT molecular complexity index is 1380. The molecular formula is C21H17N5O2S2. The number of benzene rings is 2. The first-order valence-electron chi connectivity index (χ1n) is 9.38. The molecule has 0 bridgehead atoms. The molecule has 0 saturated heterocycles. The Kier molecular flexibility index (Phi) is 4.55. The SMILES string of the molecule is N#Cc1ccc2nc(Nc3cc(S(=O)(=O)NC4CC4)ccc3-c3ccsc3)[nH]c2c1. The van der Waals surface area contributed by atoms with Gasteiger partial charge in [-0.25, -0.2) is 18.1 Å². The van der Waals surface area contributed by atoms with Crippen molar-refractivity contribution in [2.45, 2.75) is 23.8 Å². The lowest BCUT2D eigenvalue weighted by Crippen LogP contribution is -2.25. The predicted molar refractivity (Wildman–Crippen MR) is 117 cm³/mol. The van der Waals surface area contributed by atoms with E-state index in [9.17, 15) is 8.42 Å². The number of nitriles is 1. The van der Waals surface area contributed by atoms with Gasteiger partial charge in [0, 0.05) is 11.6 Å². The second kappa shape index (κ2) is 7.25. The maximum atomic E-state index is 12.7. The number of H-pyrrole nitrogens is 1. The first-order valence-corrected chi connectivity index (χ1v) is 11.8. The van der Waals surface area contributed by atoms with Crippen LogP contribution in [0.4, 0.5) is 11.6 Å². The minimum atomic E-state index is -3.59. The average molecular weight is 436 g/mol. The number of imidazole rings is 1. The molecular weight excluding hydrogens is 418 g/mol. The van der Waals surface area contributed by atoms with Gasteiger partial charge in [-0.3, -0.25) is 0 Å². The number of rotatable bonds is 6. The molecule has 150 valence electrons. The van der Waals surface area contributed by atoms with Crippen molar-refractivity contribution in [3.8, 4) is 17.2 Å². The fourth-order valence-corrected chi connectivity index (χ4v) is 5.20. The van der Waals surface area contributed by atoms with E-state index >= 15 is 0 Å². The topological polar surface area (TPSA) is 111 Å². The number of thiophene rings is 1. The number of hydrogen-bond donors (Lipinski definition) is 3. The van der Waals surface area contributed by atoms with Crippen molar-refractivity contribution in [2.24, 2.45) is 0 Å². The standard InChI is InChI=1S/C21H17N5O2S2/c22-11-13-1-6-18-20(9-13)25-21(23-18)24-19-10-16(30(27,28)26-15-2-3-15)4-5-17(19)14-7-8-29-12-14/h1,4-10,12,15,26H,2-3H2,(H2,23,24,25). The molecule has 7 nitrogen and oxygen atoms in total. The molecule has 1 aliphatic carbocycles. The van der Waals surface area contributed by atoms with E-state index in [1.165, 1.54) is 0 Å². The molecule has 2 heterocycles. The number of fused-ring (bicyclic) bond motifs is 1. The van der Waals surface area contributed by atoms with E-state index in [2.05, 4.69) is 26.1 Å². The first-order chi connectivity index (χ1) is 14.5. The van der Waals surface area contributed by atoms with Crippen molar-refractivity contribution >= 4 is 44.0 Å². The molecule has 2 aromatic heterocycles. The summed E-state index contributed by atoms with van der Waals surface area (Å²) in [5.41, 5.74) is 4.48. The molecule has 1 saturated carbocycles. The highest BCUT2D eigenvalue weighted by molar-refractivity contribution is 7.89. The van der Waals surface area contributed by atoms with Crippen molar-refractivity contribution in [3.63, 3.8) is 0 Å². The van der Waals surface area contributed by atoms with Crippen molar-refractivity contribution in [1.82, 2.24) is 14.7 Å². The highest BCUT2D eigenvalue weighted by atomic mass is 32.2. The summed E-state index contributed by atoms with van der Waals surface area (Å²) in [4.78, 5) is 7.88. The minimum Gasteiger partial charge on any atom is -0.325 e. The first kappa shape index (κ1) is 18.8. The Morgan fingerprint density at radius 2 is 2.03 bits per heavy atom. The number of aromatic amines is 1. The van der Waals surface area contributed by atoms with Crippen LogP contribution < -0.4 is 10.0 Å². The largest absolute Gasteiger partial charge is 0.325 e. The van der Waals surface area contributed by atoms with Gasteiger partial charge >= 0.3 is 0 Å². The molecule has 0 radical (unpaired) electrons. The smallest absolute Gasteiger partial charge is 0.240 e. The number of hydrogen-bond acceptors (Lipinski definition) is 6. The molecule has 5 rings (SSSR count). The Hall–Kier alpha value is -3.19. The van der Waals surface area contributed by atoms with E-state index < -0.39 is 10.0 Å². The van der Waals surface area contributed by atoms with Crippen LogP contribution in [0.3, 0.4) is 0 Å². The van der Waals surface area contributed by atoms with Gasteiger partial charge in [0.05, 0.1) is 33.2 Å². The van der Waals surface area contributed by atoms with Crippen LogP contribution in [0.15, 0.2) is 58.1 Å². The van der Waals surface area contributed by atoms with E-state index in [0.29, 0.717) is 22.7 Å². The zero-order valence-electron chi connectivity index (χ0n) is 15.7. The van der Waals surface area contributed by atoms with Crippen molar-refractivity contribution in [2.75, 3.05) is 5.32 Å². The zero-order chi connectivity index (χ0) is 20.7. The molecule has 0 atom stereocenters. The highest BCUT2D eigenvalue weighted by Crippen LogP contribution is 2.34. The Labute approximate surface area is 177 Å². The second-order valence-electron chi connectivity index (χ2n) is 7.17. The normalized spacial score (nSPS) is 14.0. The van der Waals surface area contributed by atoms with Crippen molar-refractivity contribution in [3.05, 3.63) is 58.8 Å². The fraction of sp³-hybridized carbons (Fsp3) is 0.143. The van der Waals surface area contributed by atoms with Gasteiger partial charge < -0.3 is 10.3 Å². The van der Waals surface area contributed by atoms with E-state index in [1.807, 2.05) is 22.9 Å². The number of anilines is 2. The van der Waals surface area contributed by atoms with Crippen molar-refractivity contribution in [1.29, 1.82) is 5.26 Å². The minimum absolute atomic E-state index is 0.0349. The van der Waals surface area contributed by atoms with E-state index in [4.69, 9.17) is 5.26 Å². The molecule has 9 heteroatoms. The molecule has 0 unspecified atom stereocenters. The van der Waals surface area contributed by atoms with Gasteiger partial charge in [0.1, 0.15) is 0 Å². The van der Waals surface area contributed by atoms with Gasteiger partial charge in [-0.15, -0.1) is 0 Å². The summed E-state index contributed by atoms with van der Waals surface area (Å²) in [7, 11) is -3.59. The van der Waals surface area contributed by atoms with Crippen LogP contribution in [0.25, 0.3) is 22.2 Å². The van der Waals surface area contributed by atoms with Crippen LogP contribution in [0, 0.1) is 11.3 Å². The molecule has 0 aliphatic heterocycles. The third-order valence-electron chi connectivity index (χ3n) is 4.90. The van der Waals surface area contributed by atoms with Crippen LogP contribution in [0.2, 0.25) is 0 Å². The summed E-state index contributed by atoms with van der Waals surface area (Å²) >= 11 is 1.57. The molecule has 2 aromatic carbocycles. The van der Waals surface area contributed by atoms with Gasteiger partial charge in [0.2, 0.25) is 16.0 Å². The molecule has 30 heavy (non-hydrogen) atoms. The van der Waals surface area contributed by atoms with Crippen LogP contribution >= 0.6 is 11.3 Å². The van der Waals surface area contributed by atoms with Crippen LogP contribution in [-0.2, 0) is 10.0 Å². The number of nitrogens with one attached hydrogen (secondary N) is 3. The average Bonchev–Trinajstić information content (AvgIpc) is 3.21. The number of aromatic nitrogens is 2. The summed E-state index contributed by atoms with van der Waals surface area (Å²) in [6.45, 7) is 0. The third kappa shape index (κ3) is 3.68. The monoisotopic (exact) mass is 435 g/mol. The summed E-state index contributed by atoms with van der Waals surface area (Å²) in [5, 5.41) is 16.3. The summed E-state index contributed by atoms with van der Waals surface area (Å²) in [5.74, 6) is 0.473. The zero-order valence-corrected chi connectivity index (χ0v) is 17.3. The van der Waals surface area contributed by atoms with Gasteiger partial charge in [0.15, 0.2) is 0 Å². The summed E-state index contributed by atoms with van der Waals surface area (Å²) in [6.07, 6.45) is 1.75. The fourth-order valence-electron chi connectivity index (χ4n) is 3.22. The molecule has 3 N–H and O–H groups in total. The third-order valence-corrected chi connectivity index (χ3v) is 7.10. The Morgan fingerprint density at radius 3 is 2.77 bits per heavy atom. The van der Waals surface area contributed by atoms with Gasteiger partial charge in [-0.05, 0) is 65.6 Å². The van der Waals surface area contributed by atoms with Gasteiger partial charge in [-0.1, -0.05) is 6.07 Å². The van der Waals surface area contributed by atoms with Crippen LogP contribution in [0.5, 0.6) is 0 Å². The summed E-state index contributed by atoms with van der Waals surface area (Å²) in [6, 6.07) is 14.4. The Balaban J connectivity index is 1.56. The Morgan fingerprint density at radius 1 is 1.17 bits per heavy atom. The second-order valence-corrected chi connectivity index (χ2v) is 9.66. The molecule has 4 aromatic rings. The highest BCUT2D eigenvalue weighted by Gasteiger charge is 2.28. The molecule has 1 fully saturated rings. The lowest BCUT2D eigenvalue weighted by Gasteiger charge is -2.13. The van der Waals surface area contributed by atoms with E-state index in [0.717, 1.165) is 29.5 Å². The quantitative estimate of drug-likeness (QED) is 0.417. The number of sulfonamides is 1. The molecule has 0 spiro atoms. The van der Waals surface area contributed by atoms with Crippen LogP contribution in [0.1, 0.15) is 18.4 Å². The predicted octanol–water partition coefficient (Wildman–Crippen LogP) is 4.35. The van der Waals surface area contributed by atoms with Crippen LogP contribution in [-0.4, -0.2) is 24.4 Å². The molecule has 0 amide bonds. The van der Waals surface area contributed by atoms with E-state index in [1.54, 1.807) is 41.7 Å². The lowest BCUT2D eigenvalue weighted by atomic mass is 10.1. The maximum absolute atomic E-state index is 12.7. The number of nitrogens with zero attached hydrogens (tertiary/aromatic N) is 2. The van der Waals surface area contributed by atoms with Crippen molar-refractivity contribution < 1.29 is 8.42 Å². The van der Waals surface area contributed by atoms with Gasteiger partial charge in [-0.2, -0.15) is 16.6 Å². The molecule has 1 aliphatic rings. The maximum Gasteiger partial charge on any atom is 0.240 e. The van der Waals surface area contributed by atoms with E-state index in [-0.39, 0.29) is 10.9 Å².